The summed E-state index contributed by atoms with van der Waals surface area (Å²) in [4.78, 5) is 11.3. The van der Waals surface area contributed by atoms with E-state index in [0.717, 1.165) is 19.3 Å². The highest BCUT2D eigenvalue weighted by atomic mass is 16.5. The van der Waals surface area contributed by atoms with Gasteiger partial charge in [0.05, 0.1) is 18.4 Å². The molecule has 1 N–H and O–H groups in total. The smallest absolute Gasteiger partial charge is 0.217 e. The van der Waals surface area contributed by atoms with Gasteiger partial charge in [0, 0.05) is 19.3 Å². The zero-order chi connectivity index (χ0) is 11.4. The van der Waals surface area contributed by atoms with E-state index in [1.807, 2.05) is 6.08 Å². The van der Waals surface area contributed by atoms with Crippen LogP contribution in [0.25, 0.3) is 0 Å². The molecule has 3 heteroatoms. The molecule has 2 unspecified atom stereocenters. The molecule has 1 aliphatic heterocycles. The number of hydrogen-bond acceptors (Lipinski definition) is 2. The van der Waals surface area contributed by atoms with Crippen LogP contribution < -0.4 is 5.32 Å². The Bertz CT molecular complexity index is 322. The van der Waals surface area contributed by atoms with E-state index >= 15 is 0 Å². The van der Waals surface area contributed by atoms with Crippen LogP contribution in [0.2, 0.25) is 0 Å². The molecule has 0 aromatic heterocycles. The molecule has 16 heavy (non-hydrogen) atoms. The maximum atomic E-state index is 11.3. The van der Waals surface area contributed by atoms with Crippen LogP contribution in [-0.4, -0.2) is 18.1 Å². The normalized spacial score (nSPS) is 33.2. The van der Waals surface area contributed by atoms with Crippen molar-refractivity contribution in [3.63, 3.8) is 0 Å². The number of nitrogens with one attached hydrogen (secondary N) is 1. The summed E-state index contributed by atoms with van der Waals surface area (Å²) < 4.78 is 5.24. The van der Waals surface area contributed by atoms with Crippen LogP contribution in [0.3, 0.4) is 0 Å². The number of carbonyl (C=O) groups is 1. The third-order valence-corrected chi connectivity index (χ3v) is 3.42. The second kappa shape index (κ2) is 4.73. The van der Waals surface area contributed by atoms with Gasteiger partial charge in [0.1, 0.15) is 0 Å². The summed E-state index contributed by atoms with van der Waals surface area (Å²) in [6.07, 6.45) is 12.6. The lowest BCUT2D eigenvalue weighted by atomic mass is 9.75. The molecule has 0 saturated heterocycles. The number of rotatable bonds is 2. The van der Waals surface area contributed by atoms with Gasteiger partial charge in [-0.1, -0.05) is 12.2 Å². The Morgan fingerprint density at radius 2 is 2.44 bits per heavy atom. The van der Waals surface area contributed by atoms with Gasteiger partial charge in [-0.05, 0) is 25.3 Å². The molecule has 88 valence electrons. The molecule has 2 atom stereocenters. The largest absolute Gasteiger partial charge is 0.501 e. The van der Waals surface area contributed by atoms with E-state index in [-0.39, 0.29) is 11.4 Å². The van der Waals surface area contributed by atoms with Crippen molar-refractivity contribution < 1.29 is 9.53 Å². The van der Waals surface area contributed by atoms with Crippen LogP contribution in [-0.2, 0) is 9.53 Å². The van der Waals surface area contributed by atoms with Crippen LogP contribution in [0.15, 0.2) is 24.5 Å². The molecule has 0 aromatic carbocycles. The number of hydrogen-bond donors (Lipinski definition) is 1. The molecule has 0 saturated carbocycles. The standard InChI is InChI=1S/C13H19NO2/c1-11(15)14-13(7-9-16-10-8-13)12-5-3-2-4-6-12/h3,5,7,9,12H,2,4,6,8,10H2,1H3,(H,14,15). The minimum absolute atomic E-state index is 0.0329. The topological polar surface area (TPSA) is 38.3 Å². The molecule has 0 fully saturated rings. The quantitative estimate of drug-likeness (QED) is 0.726. The molecule has 1 heterocycles. The SMILES string of the molecule is CC(=O)NC1(C2C=CCCC2)C=COCC1. The van der Waals surface area contributed by atoms with Crippen molar-refractivity contribution >= 4 is 5.91 Å². The Morgan fingerprint density at radius 1 is 1.56 bits per heavy atom. The van der Waals surface area contributed by atoms with E-state index < -0.39 is 0 Å². The second-order valence-electron chi connectivity index (χ2n) is 4.61. The molecule has 0 bridgehead atoms. The predicted molar refractivity (Wildman–Crippen MR) is 62.7 cm³/mol. The van der Waals surface area contributed by atoms with Gasteiger partial charge >= 0.3 is 0 Å². The zero-order valence-electron chi connectivity index (χ0n) is 9.74. The molecule has 0 spiro atoms. The summed E-state index contributed by atoms with van der Waals surface area (Å²) in [5.74, 6) is 0.441. The van der Waals surface area contributed by atoms with Crippen LogP contribution in [0.1, 0.15) is 32.6 Å². The lowest BCUT2D eigenvalue weighted by Crippen LogP contribution is -2.53. The third-order valence-electron chi connectivity index (χ3n) is 3.42. The Balaban J connectivity index is 2.21. The molecular weight excluding hydrogens is 202 g/mol. The average molecular weight is 221 g/mol. The first-order valence-corrected chi connectivity index (χ1v) is 5.98. The number of amides is 1. The monoisotopic (exact) mass is 221 g/mol. The lowest BCUT2D eigenvalue weighted by molar-refractivity contribution is -0.121. The molecule has 2 aliphatic rings. The summed E-state index contributed by atoms with van der Waals surface area (Å²) >= 11 is 0. The van der Waals surface area contributed by atoms with E-state index in [9.17, 15) is 4.79 Å². The van der Waals surface area contributed by atoms with Crippen molar-refractivity contribution in [3.05, 3.63) is 24.5 Å². The van der Waals surface area contributed by atoms with Crippen LogP contribution in [0.4, 0.5) is 0 Å². The Hall–Kier alpha value is -1.25. The van der Waals surface area contributed by atoms with Gasteiger partial charge in [-0.2, -0.15) is 0 Å². The summed E-state index contributed by atoms with van der Waals surface area (Å²) in [5, 5.41) is 3.11. The Morgan fingerprint density at radius 3 is 3.00 bits per heavy atom. The minimum Gasteiger partial charge on any atom is -0.501 e. The molecule has 1 amide bonds. The fraction of sp³-hybridized carbons (Fsp3) is 0.615. The summed E-state index contributed by atoms with van der Waals surface area (Å²) in [6.45, 7) is 2.26. The number of carbonyl (C=O) groups excluding carboxylic acids is 1. The van der Waals surface area contributed by atoms with Gasteiger partial charge in [0.15, 0.2) is 0 Å². The summed E-state index contributed by atoms with van der Waals surface area (Å²) in [5.41, 5.74) is -0.221. The number of ether oxygens (including phenoxy) is 1. The Kier molecular flexibility index (Phi) is 3.32. The molecular formula is C13H19NO2. The highest BCUT2D eigenvalue weighted by molar-refractivity contribution is 5.74. The van der Waals surface area contributed by atoms with E-state index in [4.69, 9.17) is 4.74 Å². The molecule has 0 aromatic rings. The first-order valence-electron chi connectivity index (χ1n) is 5.98. The van der Waals surface area contributed by atoms with Crippen molar-refractivity contribution in [1.82, 2.24) is 5.32 Å². The van der Waals surface area contributed by atoms with E-state index in [0.29, 0.717) is 12.5 Å². The predicted octanol–water partition coefficient (Wildman–Crippen LogP) is 2.15. The third kappa shape index (κ3) is 2.29. The molecule has 0 radical (unpaired) electrons. The summed E-state index contributed by atoms with van der Waals surface area (Å²) in [7, 11) is 0. The van der Waals surface area contributed by atoms with Crippen molar-refractivity contribution in [1.29, 1.82) is 0 Å². The highest BCUT2D eigenvalue weighted by Gasteiger charge is 2.37. The van der Waals surface area contributed by atoms with Crippen molar-refractivity contribution in [2.24, 2.45) is 5.92 Å². The second-order valence-corrected chi connectivity index (χ2v) is 4.61. The summed E-state index contributed by atoms with van der Waals surface area (Å²) in [6, 6.07) is 0. The van der Waals surface area contributed by atoms with Crippen molar-refractivity contribution in [2.75, 3.05) is 6.61 Å². The van der Waals surface area contributed by atoms with Crippen molar-refractivity contribution in [3.8, 4) is 0 Å². The molecule has 1 aliphatic carbocycles. The lowest BCUT2D eigenvalue weighted by Gasteiger charge is -2.40. The van der Waals surface area contributed by atoms with E-state index in [1.54, 1.807) is 13.2 Å². The fourth-order valence-corrected chi connectivity index (χ4v) is 2.62. The van der Waals surface area contributed by atoms with Gasteiger partial charge in [-0.25, -0.2) is 0 Å². The molecule has 3 nitrogen and oxygen atoms in total. The van der Waals surface area contributed by atoms with Crippen molar-refractivity contribution in [2.45, 2.75) is 38.1 Å². The average Bonchev–Trinajstić information content (AvgIpc) is 2.30. The van der Waals surface area contributed by atoms with Gasteiger partial charge < -0.3 is 10.1 Å². The van der Waals surface area contributed by atoms with Gasteiger partial charge in [-0.3, -0.25) is 4.79 Å². The van der Waals surface area contributed by atoms with Crippen LogP contribution in [0, 0.1) is 5.92 Å². The number of allylic oxidation sites excluding steroid dienone is 1. The first-order chi connectivity index (χ1) is 7.73. The van der Waals surface area contributed by atoms with Gasteiger partial charge in [0.2, 0.25) is 5.91 Å². The van der Waals surface area contributed by atoms with Crippen LogP contribution in [0.5, 0.6) is 0 Å². The van der Waals surface area contributed by atoms with Crippen LogP contribution >= 0.6 is 0 Å². The zero-order valence-corrected chi connectivity index (χ0v) is 9.74. The fourth-order valence-electron chi connectivity index (χ4n) is 2.62. The van der Waals surface area contributed by atoms with Gasteiger partial charge in [0.25, 0.3) is 0 Å². The highest BCUT2D eigenvalue weighted by Crippen LogP contribution is 2.33. The Labute approximate surface area is 96.6 Å². The molecule has 2 rings (SSSR count). The maximum Gasteiger partial charge on any atom is 0.217 e. The van der Waals surface area contributed by atoms with E-state index in [1.165, 1.54) is 6.42 Å². The van der Waals surface area contributed by atoms with E-state index in [2.05, 4.69) is 17.5 Å². The minimum atomic E-state index is -0.221. The first kappa shape index (κ1) is 11.2. The maximum absolute atomic E-state index is 11.3. The van der Waals surface area contributed by atoms with Gasteiger partial charge in [-0.15, -0.1) is 0 Å².